The highest BCUT2D eigenvalue weighted by molar-refractivity contribution is 5.76. The normalized spacial score (nSPS) is 28.3. The van der Waals surface area contributed by atoms with Crippen LogP contribution in [-0.2, 0) is 9.59 Å². The first-order chi connectivity index (χ1) is 13.4. The quantitative estimate of drug-likeness (QED) is 0.698. The van der Waals surface area contributed by atoms with Crippen molar-refractivity contribution in [1.82, 2.24) is 20.0 Å². The van der Waals surface area contributed by atoms with Crippen molar-refractivity contribution in [3.8, 4) is 0 Å². The van der Waals surface area contributed by atoms with E-state index in [9.17, 15) is 14.7 Å². The lowest BCUT2D eigenvalue weighted by Crippen LogP contribution is -2.50. The average molecular weight is 395 g/mol. The van der Waals surface area contributed by atoms with E-state index in [2.05, 4.69) is 15.1 Å². The minimum Gasteiger partial charge on any atom is -0.388 e. The van der Waals surface area contributed by atoms with Gasteiger partial charge in [0, 0.05) is 58.7 Å². The van der Waals surface area contributed by atoms with Gasteiger partial charge in [0.25, 0.3) is 0 Å². The van der Waals surface area contributed by atoms with Gasteiger partial charge in [0.05, 0.1) is 5.60 Å². The molecule has 160 valence electrons. The number of hydrogen-bond acceptors (Lipinski definition) is 5. The first kappa shape index (κ1) is 21.5. The third kappa shape index (κ3) is 6.42. The van der Waals surface area contributed by atoms with Gasteiger partial charge >= 0.3 is 0 Å². The Morgan fingerprint density at radius 3 is 2.36 bits per heavy atom. The van der Waals surface area contributed by atoms with Crippen molar-refractivity contribution in [3.05, 3.63) is 0 Å². The Balaban J connectivity index is 1.40. The van der Waals surface area contributed by atoms with Crippen LogP contribution >= 0.6 is 0 Å². The van der Waals surface area contributed by atoms with Gasteiger partial charge in [-0.3, -0.25) is 9.59 Å². The molecular weight excluding hydrogens is 356 g/mol. The summed E-state index contributed by atoms with van der Waals surface area (Å²) in [6.07, 6.45) is 7.29. The average Bonchev–Trinajstić information content (AvgIpc) is 3.10. The van der Waals surface area contributed by atoms with Gasteiger partial charge in [-0.05, 0) is 58.0 Å². The van der Waals surface area contributed by atoms with Gasteiger partial charge in [0.1, 0.15) is 0 Å². The Hall–Kier alpha value is -1.18. The molecular formula is C21H38N4O3. The Morgan fingerprint density at radius 2 is 1.68 bits per heavy atom. The number of likely N-dealkylation sites (tertiary alicyclic amines) is 3. The maximum Gasteiger partial charge on any atom is 0.223 e. The molecule has 3 saturated heterocycles. The zero-order valence-electron chi connectivity index (χ0n) is 17.5. The fraction of sp³-hybridized carbons (Fsp3) is 0.905. The Labute approximate surface area is 169 Å². The van der Waals surface area contributed by atoms with Crippen LogP contribution in [0.5, 0.6) is 0 Å². The Kier molecular flexibility index (Phi) is 7.71. The molecule has 0 radical (unpaired) electrons. The van der Waals surface area contributed by atoms with E-state index in [4.69, 9.17) is 0 Å². The summed E-state index contributed by atoms with van der Waals surface area (Å²) in [4.78, 5) is 30.5. The molecule has 0 spiro atoms. The molecule has 2 amide bonds. The van der Waals surface area contributed by atoms with E-state index in [1.807, 2.05) is 4.90 Å². The predicted molar refractivity (Wildman–Crippen MR) is 109 cm³/mol. The fourth-order valence-electron chi connectivity index (χ4n) is 4.94. The lowest BCUT2D eigenvalue weighted by Gasteiger charge is -2.38. The van der Waals surface area contributed by atoms with Gasteiger partial charge in [-0.15, -0.1) is 0 Å². The van der Waals surface area contributed by atoms with E-state index in [1.165, 1.54) is 12.8 Å². The number of aliphatic hydroxyl groups is 1. The van der Waals surface area contributed by atoms with Crippen LogP contribution in [0.2, 0.25) is 0 Å². The van der Waals surface area contributed by atoms with E-state index in [0.29, 0.717) is 25.9 Å². The number of nitrogens with one attached hydrogen (secondary N) is 1. The number of piperidine rings is 1. The van der Waals surface area contributed by atoms with Crippen LogP contribution in [0.25, 0.3) is 0 Å². The van der Waals surface area contributed by atoms with Crippen molar-refractivity contribution < 1.29 is 14.7 Å². The number of hydrogen-bond donors (Lipinski definition) is 2. The summed E-state index contributed by atoms with van der Waals surface area (Å²) in [6.45, 7) is 8.63. The molecule has 3 heterocycles. The fourth-order valence-corrected chi connectivity index (χ4v) is 4.94. The van der Waals surface area contributed by atoms with Crippen LogP contribution in [0.4, 0.5) is 0 Å². The second-order valence-corrected chi connectivity index (χ2v) is 9.01. The molecule has 3 rings (SSSR count). The van der Waals surface area contributed by atoms with Crippen molar-refractivity contribution >= 4 is 11.8 Å². The van der Waals surface area contributed by atoms with Gasteiger partial charge < -0.3 is 25.1 Å². The van der Waals surface area contributed by atoms with E-state index in [1.54, 1.807) is 6.92 Å². The zero-order chi connectivity index (χ0) is 20.0. The van der Waals surface area contributed by atoms with Crippen LogP contribution in [0.1, 0.15) is 58.3 Å². The molecule has 0 aliphatic carbocycles. The topological polar surface area (TPSA) is 76.1 Å². The minimum atomic E-state index is -0.704. The van der Waals surface area contributed by atoms with Crippen molar-refractivity contribution in [3.63, 3.8) is 0 Å². The van der Waals surface area contributed by atoms with Gasteiger partial charge in [-0.2, -0.15) is 0 Å². The molecule has 0 aromatic rings. The smallest absolute Gasteiger partial charge is 0.223 e. The van der Waals surface area contributed by atoms with Gasteiger partial charge in [-0.25, -0.2) is 0 Å². The molecule has 0 saturated carbocycles. The highest BCUT2D eigenvalue weighted by Gasteiger charge is 2.34. The summed E-state index contributed by atoms with van der Waals surface area (Å²) < 4.78 is 0. The largest absolute Gasteiger partial charge is 0.388 e. The molecule has 28 heavy (non-hydrogen) atoms. The number of carbonyl (C=O) groups excluding carboxylic acids is 2. The molecule has 3 fully saturated rings. The van der Waals surface area contributed by atoms with Crippen LogP contribution in [0.3, 0.4) is 0 Å². The summed E-state index contributed by atoms with van der Waals surface area (Å²) in [5.74, 6) is 0.280. The molecule has 0 aromatic heterocycles. The maximum absolute atomic E-state index is 12.6. The molecule has 0 unspecified atom stereocenters. The molecule has 7 nitrogen and oxygen atoms in total. The van der Waals surface area contributed by atoms with E-state index in [-0.39, 0.29) is 17.9 Å². The van der Waals surface area contributed by atoms with Crippen LogP contribution in [-0.4, -0.2) is 95.6 Å². The molecule has 1 atom stereocenters. The summed E-state index contributed by atoms with van der Waals surface area (Å²) in [5, 5.41) is 14.2. The third-order valence-corrected chi connectivity index (χ3v) is 6.62. The molecule has 3 aliphatic rings. The van der Waals surface area contributed by atoms with Gasteiger partial charge in [0.15, 0.2) is 0 Å². The van der Waals surface area contributed by atoms with Crippen molar-refractivity contribution in [2.24, 2.45) is 0 Å². The highest BCUT2D eigenvalue weighted by atomic mass is 16.3. The maximum atomic E-state index is 12.6. The number of carbonyl (C=O) groups is 2. The number of rotatable bonds is 6. The summed E-state index contributed by atoms with van der Waals surface area (Å²) in [6, 6.07) is 0.265. The second-order valence-electron chi connectivity index (χ2n) is 9.01. The number of amides is 2. The summed E-state index contributed by atoms with van der Waals surface area (Å²) in [7, 11) is 0. The molecule has 3 aliphatic heterocycles. The van der Waals surface area contributed by atoms with Gasteiger partial charge in [0.2, 0.25) is 11.8 Å². The summed E-state index contributed by atoms with van der Waals surface area (Å²) >= 11 is 0. The minimum absolute atomic E-state index is 0.0373. The molecule has 2 N–H and O–H groups in total. The van der Waals surface area contributed by atoms with Crippen molar-refractivity contribution in [1.29, 1.82) is 0 Å². The SMILES string of the molecule is CC(=O)NC1CCN(C[C@]2(O)CCCN(C(=O)CCN3CCCC3)CC2)CC1. The zero-order valence-corrected chi connectivity index (χ0v) is 17.5. The van der Waals surface area contributed by atoms with Crippen LogP contribution in [0.15, 0.2) is 0 Å². The lowest BCUT2D eigenvalue weighted by atomic mass is 9.93. The second kappa shape index (κ2) is 10.0. The van der Waals surface area contributed by atoms with Crippen LogP contribution < -0.4 is 5.32 Å². The standard InChI is InChI=1S/C21H38N4O3/c1-18(26)22-19-5-13-24(14-6-19)17-21(28)8-4-12-25(16-9-21)20(27)7-15-23-10-2-3-11-23/h19,28H,2-17H2,1H3,(H,22,26)/t21-/m0/s1. The monoisotopic (exact) mass is 394 g/mol. The van der Waals surface area contributed by atoms with Gasteiger partial charge in [-0.1, -0.05) is 0 Å². The highest BCUT2D eigenvalue weighted by Crippen LogP contribution is 2.25. The third-order valence-electron chi connectivity index (χ3n) is 6.62. The first-order valence-corrected chi connectivity index (χ1v) is 11.2. The van der Waals surface area contributed by atoms with Crippen molar-refractivity contribution in [2.75, 3.05) is 52.4 Å². The Bertz CT molecular complexity index is 530. The first-order valence-electron chi connectivity index (χ1n) is 11.2. The Morgan fingerprint density at radius 1 is 0.964 bits per heavy atom. The molecule has 0 bridgehead atoms. The number of β-amino-alcohol motifs (C(OH)–C–C–N with tert-alkyl or cyclic N) is 1. The van der Waals surface area contributed by atoms with E-state index < -0.39 is 5.60 Å². The van der Waals surface area contributed by atoms with E-state index in [0.717, 1.165) is 65.0 Å². The molecule has 7 heteroatoms. The van der Waals surface area contributed by atoms with E-state index >= 15 is 0 Å². The number of nitrogens with zero attached hydrogens (tertiary/aromatic N) is 3. The predicted octanol–water partition coefficient (Wildman–Crippen LogP) is 0.816. The van der Waals surface area contributed by atoms with Crippen LogP contribution in [0, 0.1) is 0 Å². The summed E-state index contributed by atoms with van der Waals surface area (Å²) in [5.41, 5.74) is -0.704. The van der Waals surface area contributed by atoms with Crippen molar-refractivity contribution in [2.45, 2.75) is 69.9 Å². The lowest BCUT2D eigenvalue weighted by molar-refractivity contribution is -0.131. The molecule has 0 aromatic carbocycles.